The Bertz CT molecular complexity index is 325. The molecule has 0 aliphatic heterocycles. The number of carbonyl (C=O) groups is 1. The first-order valence-corrected chi connectivity index (χ1v) is 4.51. The van der Waals surface area contributed by atoms with Gasteiger partial charge in [0.15, 0.2) is 5.78 Å². The fraction of sp³-hybridized carbons (Fsp3) is 0.667. The van der Waals surface area contributed by atoms with Gasteiger partial charge in [-0.1, -0.05) is 26.0 Å². The van der Waals surface area contributed by atoms with Gasteiger partial charge in [0, 0.05) is 5.41 Å². The van der Waals surface area contributed by atoms with E-state index in [4.69, 9.17) is 5.11 Å². The first-order valence-electron chi connectivity index (χ1n) is 4.51. The number of aromatic nitrogens is 3. The second-order valence-electron chi connectivity index (χ2n) is 4.17. The Hall–Kier alpha value is -1.23. The smallest absolute Gasteiger partial charge is 0.190 e. The number of hydrogen-bond donors (Lipinski definition) is 1. The zero-order chi connectivity index (χ0) is 10.8. The molecule has 14 heavy (non-hydrogen) atoms. The van der Waals surface area contributed by atoms with Crippen molar-refractivity contribution in [1.29, 1.82) is 0 Å². The Labute approximate surface area is 82.7 Å². The van der Waals surface area contributed by atoms with Gasteiger partial charge in [-0.2, -0.15) is 0 Å². The van der Waals surface area contributed by atoms with Crippen LogP contribution in [0, 0.1) is 5.41 Å². The summed E-state index contributed by atoms with van der Waals surface area (Å²) in [5.41, 5.74) is -0.0916. The molecule has 5 heteroatoms. The van der Waals surface area contributed by atoms with Crippen molar-refractivity contribution in [2.75, 3.05) is 6.61 Å². The molecule has 0 saturated heterocycles. The SMILES string of the molecule is CC(C)(C)C(=O)c1cn(CCO)nn1. The Morgan fingerprint density at radius 2 is 2.21 bits per heavy atom. The van der Waals surface area contributed by atoms with Gasteiger partial charge in [-0.3, -0.25) is 4.79 Å². The molecule has 0 bridgehead atoms. The van der Waals surface area contributed by atoms with Crippen molar-refractivity contribution in [2.45, 2.75) is 27.3 Å². The second kappa shape index (κ2) is 3.88. The fourth-order valence-electron chi connectivity index (χ4n) is 0.998. The molecule has 0 unspecified atom stereocenters. The van der Waals surface area contributed by atoms with Crippen molar-refractivity contribution >= 4 is 5.78 Å². The van der Waals surface area contributed by atoms with Gasteiger partial charge in [0.1, 0.15) is 5.69 Å². The van der Waals surface area contributed by atoms with Crippen LogP contribution in [0.15, 0.2) is 6.20 Å². The summed E-state index contributed by atoms with van der Waals surface area (Å²) in [4.78, 5) is 11.7. The molecule has 1 rings (SSSR count). The summed E-state index contributed by atoms with van der Waals surface area (Å²) in [6.07, 6.45) is 1.56. The van der Waals surface area contributed by atoms with E-state index in [1.165, 1.54) is 4.68 Å². The molecular weight excluding hydrogens is 182 g/mol. The largest absolute Gasteiger partial charge is 0.394 e. The zero-order valence-electron chi connectivity index (χ0n) is 8.69. The fourth-order valence-corrected chi connectivity index (χ4v) is 0.998. The lowest BCUT2D eigenvalue weighted by atomic mass is 9.89. The third-order valence-electron chi connectivity index (χ3n) is 1.78. The lowest BCUT2D eigenvalue weighted by Gasteiger charge is -2.13. The predicted molar refractivity (Wildman–Crippen MR) is 50.9 cm³/mol. The average molecular weight is 197 g/mol. The molecule has 0 spiro atoms. The molecule has 0 aliphatic rings. The summed E-state index contributed by atoms with van der Waals surface area (Å²) in [5.74, 6) is -0.0401. The number of hydrogen-bond acceptors (Lipinski definition) is 4. The summed E-state index contributed by atoms with van der Waals surface area (Å²) in [5, 5.41) is 16.1. The maximum Gasteiger partial charge on any atom is 0.190 e. The van der Waals surface area contributed by atoms with E-state index in [2.05, 4.69) is 10.3 Å². The summed E-state index contributed by atoms with van der Waals surface area (Å²) in [6, 6.07) is 0. The number of aliphatic hydroxyl groups is 1. The molecule has 1 aromatic rings. The van der Waals surface area contributed by atoms with E-state index in [0.717, 1.165) is 0 Å². The quantitative estimate of drug-likeness (QED) is 0.716. The van der Waals surface area contributed by atoms with Crippen LogP contribution in [0.4, 0.5) is 0 Å². The third-order valence-corrected chi connectivity index (χ3v) is 1.78. The van der Waals surface area contributed by atoms with E-state index >= 15 is 0 Å². The molecule has 1 N–H and O–H groups in total. The molecule has 0 fully saturated rings. The molecule has 0 saturated carbocycles. The second-order valence-corrected chi connectivity index (χ2v) is 4.17. The van der Waals surface area contributed by atoms with E-state index in [0.29, 0.717) is 12.2 Å². The van der Waals surface area contributed by atoms with Gasteiger partial charge < -0.3 is 5.11 Å². The van der Waals surface area contributed by atoms with Crippen molar-refractivity contribution < 1.29 is 9.90 Å². The van der Waals surface area contributed by atoms with Crippen molar-refractivity contribution in [3.05, 3.63) is 11.9 Å². The molecule has 1 aromatic heterocycles. The number of ketones is 1. The molecule has 0 atom stereocenters. The Balaban J connectivity index is 2.82. The first-order chi connectivity index (χ1) is 6.45. The maximum absolute atomic E-state index is 11.7. The van der Waals surface area contributed by atoms with Gasteiger partial charge >= 0.3 is 0 Å². The van der Waals surface area contributed by atoms with Crippen LogP contribution < -0.4 is 0 Å². The van der Waals surface area contributed by atoms with Gasteiger partial charge in [0.05, 0.1) is 19.3 Å². The molecule has 0 aliphatic carbocycles. The van der Waals surface area contributed by atoms with Crippen LogP contribution in [0.1, 0.15) is 31.3 Å². The highest BCUT2D eigenvalue weighted by atomic mass is 16.3. The summed E-state index contributed by atoms with van der Waals surface area (Å²) in [6.45, 7) is 5.86. The van der Waals surface area contributed by atoms with E-state index in [9.17, 15) is 4.79 Å². The minimum atomic E-state index is -0.444. The molecule has 78 valence electrons. The van der Waals surface area contributed by atoms with Crippen LogP contribution in [0.5, 0.6) is 0 Å². The Kier molecular flexibility index (Phi) is 3.00. The normalized spacial score (nSPS) is 11.7. The van der Waals surface area contributed by atoms with E-state index in [1.54, 1.807) is 6.20 Å². The average Bonchev–Trinajstić information content (AvgIpc) is 2.50. The van der Waals surface area contributed by atoms with Gasteiger partial charge in [0.25, 0.3) is 0 Å². The highest BCUT2D eigenvalue weighted by molar-refractivity contribution is 5.97. The van der Waals surface area contributed by atoms with Crippen LogP contribution in [0.2, 0.25) is 0 Å². The van der Waals surface area contributed by atoms with Crippen LogP contribution >= 0.6 is 0 Å². The standard InChI is InChI=1S/C9H15N3O2/c1-9(2,3)8(14)7-6-12(4-5-13)11-10-7/h6,13H,4-5H2,1-3H3. The topological polar surface area (TPSA) is 68.0 Å². The Morgan fingerprint density at radius 3 is 2.71 bits per heavy atom. The highest BCUT2D eigenvalue weighted by Gasteiger charge is 2.25. The molecule has 5 nitrogen and oxygen atoms in total. The van der Waals surface area contributed by atoms with E-state index in [1.807, 2.05) is 20.8 Å². The van der Waals surface area contributed by atoms with E-state index in [-0.39, 0.29) is 12.4 Å². The molecule has 0 aromatic carbocycles. The third kappa shape index (κ3) is 2.38. The number of nitrogens with zero attached hydrogens (tertiary/aromatic N) is 3. The monoisotopic (exact) mass is 197 g/mol. The predicted octanol–water partition coefficient (Wildman–Crippen LogP) is 0.499. The highest BCUT2D eigenvalue weighted by Crippen LogP contribution is 2.18. The van der Waals surface area contributed by atoms with E-state index < -0.39 is 5.41 Å². The number of aliphatic hydroxyl groups excluding tert-OH is 1. The zero-order valence-corrected chi connectivity index (χ0v) is 8.69. The minimum absolute atomic E-state index is 0.00743. The van der Waals surface area contributed by atoms with Crippen LogP contribution in [0.25, 0.3) is 0 Å². The van der Waals surface area contributed by atoms with Crippen molar-refractivity contribution in [2.24, 2.45) is 5.41 Å². The molecule has 1 heterocycles. The minimum Gasteiger partial charge on any atom is -0.394 e. The maximum atomic E-state index is 11.7. The summed E-state index contributed by atoms with van der Waals surface area (Å²) < 4.78 is 1.46. The molecule has 0 amide bonds. The number of Topliss-reactive ketones (excluding diaryl/α,β-unsaturated/α-hetero) is 1. The Morgan fingerprint density at radius 1 is 1.57 bits per heavy atom. The van der Waals surface area contributed by atoms with Crippen LogP contribution in [-0.4, -0.2) is 32.5 Å². The lowest BCUT2D eigenvalue weighted by molar-refractivity contribution is 0.0852. The lowest BCUT2D eigenvalue weighted by Crippen LogP contribution is -2.20. The first kappa shape index (κ1) is 10.8. The molecule has 0 radical (unpaired) electrons. The van der Waals surface area contributed by atoms with Crippen molar-refractivity contribution in [3.63, 3.8) is 0 Å². The van der Waals surface area contributed by atoms with Crippen LogP contribution in [0.3, 0.4) is 0 Å². The summed E-state index contributed by atoms with van der Waals surface area (Å²) >= 11 is 0. The van der Waals surface area contributed by atoms with Gasteiger partial charge in [-0.05, 0) is 0 Å². The number of rotatable bonds is 3. The van der Waals surface area contributed by atoms with Gasteiger partial charge in [-0.15, -0.1) is 5.10 Å². The van der Waals surface area contributed by atoms with Crippen LogP contribution in [-0.2, 0) is 6.54 Å². The summed E-state index contributed by atoms with van der Waals surface area (Å²) in [7, 11) is 0. The molecular formula is C9H15N3O2. The van der Waals surface area contributed by atoms with Crippen molar-refractivity contribution in [1.82, 2.24) is 15.0 Å². The van der Waals surface area contributed by atoms with Crippen molar-refractivity contribution in [3.8, 4) is 0 Å². The van der Waals surface area contributed by atoms with Gasteiger partial charge in [0.2, 0.25) is 0 Å². The number of carbonyl (C=O) groups excluding carboxylic acids is 1. The van der Waals surface area contributed by atoms with Gasteiger partial charge in [-0.25, -0.2) is 4.68 Å².